The molecule has 1 aliphatic rings. The zero-order valence-corrected chi connectivity index (χ0v) is 13.9. The molecule has 2 aromatic heterocycles. The van der Waals surface area contributed by atoms with Gasteiger partial charge in [0.25, 0.3) is 0 Å². The molecule has 7 nitrogen and oxygen atoms in total. The van der Waals surface area contributed by atoms with Gasteiger partial charge in [0, 0.05) is 33.0 Å². The number of carbonyl (C=O) groups is 1. The molecule has 0 aliphatic carbocycles. The number of ketones is 1. The van der Waals surface area contributed by atoms with Crippen LogP contribution in [0.1, 0.15) is 25.7 Å². The first-order chi connectivity index (χ1) is 11.7. The van der Waals surface area contributed by atoms with Gasteiger partial charge in [-0.05, 0) is 30.9 Å². The van der Waals surface area contributed by atoms with Gasteiger partial charge in [0.15, 0.2) is 5.82 Å². The van der Waals surface area contributed by atoms with E-state index in [-0.39, 0.29) is 5.78 Å². The van der Waals surface area contributed by atoms with Crippen molar-refractivity contribution < 1.29 is 9.53 Å². The van der Waals surface area contributed by atoms with Crippen LogP contribution in [0.4, 0.5) is 11.6 Å². The van der Waals surface area contributed by atoms with Crippen LogP contribution in [0.2, 0.25) is 0 Å². The van der Waals surface area contributed by atoms with Gasteiger partial charge in [0.2, 0.25) is 0 Å². The molecule has 0 amide bonds. The minimum Gasteiger partial charge on any atom is -0.384 e. The molecule has 3 heterocycles. The molecular weight excluding hydrogens is 306 g/mol. The highest BCUT2D eigenvalue weighted by Crippen LogP contribution is 2.26. The lowest BCUT2D eigenvalue weighted by atomic mass is 9.92. The molecule has 3 rings (SSSR count). The number of Topliss-reactive ketones (excluding diaryl/α,β-unsaturated/α-hetero) is 1. The Kier molecular flexibility index (Phi) is 5.20. The van der Waals surface area contributed by atoms with Gasteiger partial charge in [-0.15, -0.1) is 0 Å². The minimum atomic E-state index is 0.271. The van der Waals surface area contributed by atoms with Gasteiger partial charge in [-0.25, -0.2) is 15.0 Å². The number of pyridine rings is 1. The summed E-state index contributed by atoms with van der Waals surface area (Å²) in [6.07, 6.45) is 4.69. The summed E-state index contributed by atoms with van der Waals surface area (Å²) in [6, 6.07) is 3.88. The summed E-state index contributed by atoms with van der Waals surface area (Å²) < 4.78 is 4.98. The van der Waals surface area contributed by atoms with E-state index in [1.54, 1.807) is 7.11 Å². The maximum Gasteiger partial charge on any atom is 0.153 e. The number of methoxy groups -OCH3 is 1. The predicted molar refractivity (Wildman–Crippen MR) is 92.8 cm³/mol. The second-order valence-electron chi connectivity index (χ2n) is 6.24. The number of ether oxygens (including phenoxy) is 1. The number of rotatable bonds is 6. The third-order valence-corrected chi connectivity index (χ3v) is 4.44. The van der Waals surface area contributed by atoms with E-state index in [1.165, 1.54) is 6.33 Å². The van der Waals surface area contributed by atoms with Crippen LogP contribution >= 0.6 is 0 Å². The van der Waals surface area contributed by atoms with E-state index in [2.05, 4.69) is 19.9 Å². The molecule has 2 N–H and O–H groups in total. The quantitative estimate of drug-likeness (QED) is 0.863. The summed E-state index contributed by atoms with van der Waals surface area (Å²) in [5.74, 6) is 1.90. The second-order valence-corrected chi connectivity index (χ2v) is 6.24. The zero-order valence-electron chi connectivity index (χ0n) is 13.9. The lowest BCUT2D eigenvalue weighted by molar-refractivity contribution is -0.120. The Hall–Kier alpha value is -2.28. The van der Waals surface area contributed by atoms with Crippen LogP contribution in [-0.2, 0) is 9.53 Å². The number of hydrogen-bond donors (Lipinski definition) is 1. The Morgan fingerprint density at radius 2 is 2.29 bits per heavy atom. The summed E-state index contributed by atoms with van der Waals surface area (Å²) in [6.45, 7) is 2.28. The molecule has 2 aromatic rings. The highest BCUT2D eigenvalue weighted by atomic mass is 16.5. The van der Waals surface area contributed by atoms with Crippen molar-refractivity contribution in [3.8, 4) is 0 Å². The van der Waals surface area contributed by atoms with Gasteiger partial charge in [0.1, 0.15) is 23.4 Å². The predicted octanol–water partition coefficient (Wildman–Crippen LogP) is 1.82. The van der Waals surface area contributed by atoms with E-state index in [0.717, 1.165) is 37.3 Å². The van der Waals surface area contributed by atoms with Crippen LogP contribution in [-0.4, -0.2) is 47.5 Å². The topological polar surface area (TPSA) is 94.2 Å². The fraction of sp³-hybridized carbons (Fsp3) is 0.529. The second kappa shape index (κ2) is 7.53. The number of aromatic nitrogens is 3. The van der Waals surface area contributed by atoms with Gasteiger partial charge < -0.3 is 15.4 Å². The summed E-state index contributed by atoms with van der Waals surface area (Å²) in [7, 11) is 1.62. The van der Waals surface area contributed by atoms with Crippen molar-refractivity contribution in [2.75, 3.05) is 37.4 Å². The van der Waals surface area contributed by atoms with Crippen LogP contribution < -0.4 is 10.6 Å². The van der Waals surface area contributed by atoms with Gasteiger partial charge in [0.05, 0.1) is 12.1 Å². The van der Waals surface area contributed by atoms with E-state index >= 15 is 0 Å². The van der Waals surface area contributed by atoms with E-state index in [1.807, 2.05) is 12.1 Å². The van der Waals surface area contributed by atoms with Gasteiger partial charge in [-0.3, -0.25) is 4.79 Å². The van der Waals surface area contributed by atoms with Crippen molar-refractivity contribution in [1.82, 2.24) is 15.0 Å². The highest BCUT2D eigenvalue weighted by Gasteiger charge is 2.23. The third kappa shape index (κ3) is 3.79. The van der Waals surface area contributed by atoms with Crippen LogP contribution in [0.3, 0.4) is 0 Å². The van der Waals surface area contributed by atoms with Crippen LogP contribution in [0.5, 0.6) is 0 Å². The number of anilines is 2. The first-order valence-electron chi connectivity index (χ1n) is 8.30. The molecule has 0 saturated carbocycles. The Bertz CT molecular complexity index is 721. The van der Waals surface area contributed by atoms with Gasteiger partial charge >= 0.3 is 0 Å². The number of fused-ring (bicyclic) bond motifs is 1. The molecule has 0 aromatic carbocycles. The number of carbonyl (C=O) groups excluding carboxylic acids is 1. The van der Waals surface area contributed by atoms with Crippen LogP contribution in [0.25, 0.3) is 11.0 Å². The monoisotopic (exact) mass is 329 g/mol. The van der Waals surface area contributed by atoms with Gasteiger partial charge in [-0.2, -0.15) is 0 Å². The number of nitrogen functional groups attached to an aromatic ring is 1. The van der Waals surface area contributed by atoms with E-state index in [4.69, 9.17) is 10.5 Å². The number of hydrogen-bond acceptors (Lipinski definition) is 7. The van der Waals surface area contributed by atoms with Crippen molar-refractivity contribution in [1.29, 1.82) is 0 Å². The molecule has 0 spiro atoms. The fourth-order valence-electron chi connectivity index (χ4n) is 3.20. The van der Waals surface area contributed by atoms with Crippen molar-refractivity contribution >= 4 is 28.5 Å². The Morgan fingerprint density at radius 1 is 1.42 bits per heavy atom. The maximum absolute atomic E-state index is 12.0. The fourth-order valence-corrected chi connectivity index (χ4v) is 3.20. The maximum atomic E-state index is 12.0. The molecule has 1 saturated heterocycles. The molecule has 1 fully saturated rings. The molecule has 7 heteroatoms. The summed E-state index contributed by atoms with van der Waals surface area (Å²) in [5, 5.41) is 0. The van der Waals surface area contributed by atoms with Crippen LogP contribution in [0, 0.1) is 5.92 Å². The van der Waals surface area contributed by atoms with Crippen molar-refractivity contribution in [2.24, 2.45) is 5.92 Å². The van der Waals surface area contributed by atoms with Crippen molar-refractivity contribution in [3.05, 3.63) is 18.5 Å². The summed E-state index contributed by atoms with van der Waals surface area (Å²) in [4.78, 5) is 27.0. The molecule has 128 valence electrons. The Labute approximate surface area is 141 Å². The van der Waals surface area contributed by atoms with Crippen molar-refractivity contribution in [3.63, 3.8) is 0 Å². The molecule has 0 bridgehead atoms. The first-order valence-corrected chi connectivity index (χ1v) is 8.30. The molecular formula is C17H23N5O2. The van der Waals surface area contributed by atoms with E-state index in [9.17, 15) is 4.79 Å². The molecule has 24 heavy (non-hydrogen) atoms. The standard InChI is InChI=1S/C17H23N5O2/c1-24-8-6-13(23)9-12-3-2-7-22(10-12)15-5-4-14-16(21-15)17(18)20-11-19-14/h4-5,11-12H,2-3,6-10H2,1H3,(H2,18,19,20)/t12-/m0/s1. The number of piperidine rings is 1. The molecule has 1 atom stereocenters. The van der Waals surface area contributed by atoms with E-state index in [0.29, 0.717) is 36.7 Å². The Balaban J connectivity index is 1.70. The molecule has 1 aliphatic heterocycles. The highest BCUT2D eigenvalue weighted by molar-refractivity contribution is 5.85. The zero-order chi connectivity index (χ0) is 16.9. The molecule has 0 radical (unpaired) electrons. The number of nitrogens with two attached hydrogens (primary N) is 1. The average molecular weight is 329 g/mol. The number of nitrogens with zero attached hydrogens (tertiary/aromatic N) is 4. The lowest BCUT2D eigenvalue weighted by Crippen LogP contribution is -2.36. The van der Waals surface area contributed by atoms with Crippen LogP contribution in [0.15, 0.2) is 18.5 Å². The summed E-state index contributed by atoms with van der Waals surface area (Å²) in [5.41, 5.74) is 7.28. The average Bonchev–Trinajstić information content (AvgIpc) is 2.60. The molecule has 0 unspecified atom stereocenters. The van der Waals surface area contributed by atoms with E-state index < -0.39 is 0 Å². The minimum absolute atomic E-state index is 0.271. The smallest absolute Gasteiger partial charge is 0.153 e. The SMILES string of the molecule is COCCC(=O)C[C@@H]1CCCN(c2ccc3ncnc(N)c3n2)C1. The summed E-state index contributed by atoms with van der Waals surface area (Å²) >= 11 is 0. The van der Waals surface area contributed by atoms with Crippen molar-refractivity contribution in [2.45, 2.75) is 25.7 Å². The lowest BCUT2D eigenvalue weighted by Gasteiger charge is -2.33. The largest absolute Gasteiger partial charge is 0.384 e. The van der Waals surface area contributed by atoms with Gasteiger partial charge in [-0.1, -0.05) is 0 Å². The third-order valence-electron chi connectivity index (χ3n) is 4.44. The first kappa shape index (κ1) is 16.6. The Morgan fingerprint density at radius 3 is 3.12 bits per heavy atom. The normalized spacial score (nSPS) is 18.0.